The number of nitrogens with zero attached hydrogens (tertiary/aromatic N) is 4. The molecule has 1 aromatic carbocycles. The molecule has 0 amide bonds. The topological polar surface area (TPSA) is 51.1 Å². The smallest absolute Gasteiger partial charge is 0.225 e. The lowest BCUT2D eigenvalue weighted by atomic mass is 10.2. The standard InChI is InChI=1S/C21H25N4OS/c1-3-11-26-20-7-5-18(6-8-20)14-25(10-9-19-15-27-16-24-19)21-22-12-17(4-2)13-23-21/h5-8,12-13,15H,3-4,9-11,14H2,1-2H3. The van der Waals surface area contributed by atoms with Gasteiger partial charge in [0.1, 0.15) is 5.75 Å². The fourth-order valence-corrected chi connectivity index (χ4v) is 3.17. The zero-order chi connectivity index (χ0) is 18.9. The molecular formula is C21H25N4OS. The Morgan fingerprint density at radius 3 is 2.48 bits per heavy atom. The van der Waals surface area contributed by atoms with Crippen LogP contribution in [-0.4, -0.2) is 28.1 Å². The number of benzene rings is 1. The van der Waals surface area contributed by atoms with Crippen molar-refractivity contribution >= 4 is 17.3 Å². The molecule has 27 heavy (non-hydrogen) atoms. The number of ether oxygens (including phenoxy) is 1. The van der Waals surface area contributed by atoms with Crippen molar-refractivity contribution in [2.75, 3.05) is 18.1 Å². The number of hydrogen-bond acceptors (Lipinski definition) is 6. The van der Waals surface area contributed by atoms with Gasteiger partial charge in [0.25, 0.3) is 0 Å². The Morgan fingerprint density at radius 1 is 1.07 bits per heavy atom. The van der Waals surface area contributed by atoms with Crippen molar-refractivity contribution in [2.45, 2.75) is 39.7 Å². The van der Waals surface area contributed by atoms with Crippen molar-refractivity contribution in [3.63, 3.8) is 0 Å². The van der Waals surface area contributed by atoms with Gasteiger partial charge in [-0.25, -0.2) is 15.0 Å². The van der Waals surface area contributed by atoms with E-state index in [2.05, 4.69) is 51.3 Å². The van der Waals surface area contributed by atoms with Crippen LogP contribution in [0, 0.1) is 5.51 Å². The number of aryl methyl sites for hydroxylation is 1. The molecule has 141 valence electrons. The highest BCUT2D eigenvalue weighted by atomic mass is 32.1. The van der Waals surface area contributed by atoms with Crippen LogP contribution in [0.25, 0.3) is 0 Å². The summed E-state index contributed by atoms with van der Waals surface area (Å²) in [6.07, 6.45) is 6.61. The average Bonchev–Trinajstić information content (AvgIpc) is 3.24. The molecule has 2 aromatic heterocycles. The summed E-state index contributed by atoms with van der Waals surface area (Å²) in [6, 6.07) is 8.27. The maximum absolute atomic E-state index is 5.67. The summed E-state index contributed by atoms with van der Waals surface area (Å²) in [7, 11) is 0. The normalized spacial score (nSPS) is 10.7. The summed E-state index contributed by atoms with van der Waals surface area (Å²) < 4.78 is 5.67. The lowest BCUT2D eigenvalue weighted by Gasteiger charge is -2.22. The molecule has 5 nitrogen and oxygen atoms in total. The third kappa shape index (κ3) is 5.76. The fraction of sp³-hybridized carbons (Fsp3) is 0.381. The van der Waals surface area contributed by atoms with Crippen LogP contribution in [0.1, 0.15) is 37.1 Å². The Bertz CT molecular complexity index is 788. The van der Waals surface area contributed by atoms with Crippen molar-refractivity contribution in [3.05, 3.63) is 64.4 Å². The molecule has 0 aliphatic heterocycles. The maximum Gasteiger partial charge on any atom is 0.225 e. The van der Waals surface area contributed by atoms with E-state index in [0.29, 0.717) is 0 Å². The van der Waals surface area contributed by atoms with Gasteiger partial charge in [-0.15, -0.1) is 11.3 Å². The first kappa shape index (κ1) is 19.3. The van der Waals surface area contributed by atoms with Gasteiger partial charge >= 0.3 is 0 Å². The second-order valence-corrected chi connectivity index (χ2v) is 6.99. The van der Waals surface area contributed by atoms with Gasteiger partial charge in [0.2, 0.25) is 5.95 Å². The number of thiazole rings is 1. The van der Waals surface area contributed by atoms with Gasteiger partial charge in [0, 0.05) is 37.3 Å². The molecule has 0 spiro atoms. The summed E-state index contributed by atoms with van der Waals surface area (Å²) in [6.45, 7) is 6.51. The van der Waals surface area contributed by atoms with E-state index in [-0.39, 0.29) is 0 Å². The molecule has 6 heteroatoms. The van der Waals surface area contributed by atoms with Crippen LogP contribution >= 0.6 is 11.3 Å². The van der Waals surface area contributed by atoms with Crippen molar-refractivity contribution < 1.29 is 4.74 Å². The summed E-state index contributed by atoms with van der Waals surface area (Å²) in [5.74, 6) is 1.66. The van der Waals surface area contributed by atoms with Crippen LogP contribution < -0.4 is 9.64 Å². The van der Waals surface area contributed by atoms with Crippen molar-refractivity contribution in [3.8, 4) is 5.75 Å². The zero-order valence-electron chi connectivity index (χ0n) is 15.9. The lowest BCUT2D eigenvalue weighted by molar-refractivity contribution is 0.317. The molecule has 1 radical (unpaired) electrons. The van der Waals surface area contributed by atoms with E-state index in [9.17, 15) is 0 Å². The quantitative estimate of drug-likeness (QED) is 0.523. The molecule has 0 aliphatic rings. The highest BCUT2D eigenvalue weighted by molar-refractivity contribution is 7.07. The van der Waals surface area contributed by atoms with Crippen LogP contribution in [0.3, 0.4) is 0 Å². The van der Waals surface area contributed by atoms with E-state index < -0.39 is 0 Å². The first-order valence-electron chi connectivity index (χ1n) is 9.36. The second kappa shape index (κ2) is 10.0. The lowest BCUT2D eigenvalue weighted by Crippen LogP contribution is -2.27. The SMILES string of the molecule is CCCOc1ccc(CN(CCc2cs[c]n2)c2ncc(CC)cn2)cc1. The molecule has 0 aliphatic carbocycles. The highest BCUT2D eigenvalue weighted by Gasteiger charge is 2.12. The van der Waals surface area contributed by atoms with Crippen LogP contribution in [0.2, 0.25) is 0 Å². The van der Waals surface area contributed by atoms with Gasteiger partial charge in [-0.3, -0.25) is 0 Å². The molecule has 0 unspecified atom stereocenters. The minimum Gasteiger partial charge on any atom is -0.494 e. The average molecular weight is 382 g/mol. The van der Waals surface area contributed by atoms with Crippen LogP contribution in [0.5, 0.6) is 5.75 Å². The molecule has 0 atom stereocenters. The number of hydrogen-bond donors (Lipinski definition) is 0. The predicted octanol–water partition coefficient (Wildman–Crippen LogP) is 4.33. The molecule has 3 aromatic rings. The number of aromatic nitrogens is 3. The van der Waals surface area contributed by atoms with Gasteiger partial charge in [0.15, 0.2) is 5.51 Å². The summed E-state index contributed by atoms with van der Waals surface area (Å²) in [5, 5.41) is 2.04. The number of anilines is 1. The molecule has 2 heterocycles. The van der Waals surface area contributed by atoms with Crippen molar-refractivity contribution in [1.82, 2.24) is 15.0 Å². The minimum absolute atomic E-state index is 0.743. The molecule has 0 bridgehead atoms. The summed E-state index contributed by atoms with van der Waals surface area (Å²) in [4.78, 5) is 15.6. The van der Waals surface area contributed by atoms with Crippen LogP contribution in [0.15, 0.2) is 42.0 Å². The zero-order valence-corrected chi connectivity index (χ0v) is 16.7. The molecule has 0 saturated heterocycles. The number of rotatable bonds is 10. The molecule has 0 fully saturated rings. The van der Waals surface area contributed by atoms with E-state index in [1.807, 2.05) is 29.9 Å². The van der Waals surface area contributed by atoms with Gasteiger partial charge in [-0.05, 0) is 36.1 Å². The van der Waals surface area contributed by atoms with Gasteiger partial charge < -0.3 is 9.64 Å². The van der Waals surface area contributed by atoms with E-state index in [4.69, 9.17) is 4.74 Å². The third-order valence-corrected chi connectivity index (χ3v) is 4.81. The maximum atomic E-state index is 5.67. The Morgan fingerprint density at radius 2 is 1.85 bits per heavy atom. The van der Waals surface area contributed by atoms with Crippen LogP contribution in [0.4, 0.5) is 5.95 Å². The van der Waals surface area contributed by atoms with Gasteiger partial charge in [-0.2, -0.15) is 0 Å². The monoisotopic (exact) mass is 381 g/mol. The minimum atomic E-state index is 0.743. The Kier molecular flexibility index (Phi) is 7.16. The Hall–Kier alpha value is -2.47. The van der Waals surface area contributed by atoms with Crippen molar-refractivity contribution in [2.24, 2.45) is 0 Å². The third-order valence-electron chi connectivity index (χ3n) is 4.23. The summed E-state index contributed by atoms with van der Waals surface area (Å²) in [5.41, 5.74) is 6.31. The molecule has 0 saturated carbocycles. The van der Waals surface area contributed by atoms with E-state index in [1.54, 1.807) is 0 Å². The Labute approximate surface area is 165 Å². The fourth-order valence-electron chi connectivity index (χ4n) is 2.65. The Balaban J connectivity index is 1.71. The first-order valence-corrected chi connectivity index (χ1v) is 10.2. The largest absolute Gasteiger partial charge is 0.494 e. The highest BCUT2D eigenvalue weighted by Crippen LogP contribution is 2.17. The molecule has 3 rings (SSSR count). The molecular weight excluding hydrogens is 356 g/mol. The second-order valence-electron chi connectivity index (χ2n) is 6.34. The van der Waals surface area contributed by atoms with Crippen LogP contribution in [-0.2, 0) is 19.4 Å². The van der Waals surface area contributed by atoms with Gasteiger partial charge in [0.05, 0.1) is 12.3 Å². The van der Waals surface area contributed by atoms with E-state index >= 15 is 0 Å². The summed E-state index contributed by atoms with van der Waals surface area (Å²) >= 11 is 1.50. The van der Waals surface area contributed by atoms with Crippen molar-refractivity contribution in [1.29, 1.82) is 0 Å². The van der Waals surface area contributed by atoms with Gasteiger partial charge in [-0.1, -0.05) is 26.0 Å². The molecule has 0 N–H and O–H groups in total. The first-order chi connectivity index (χ1) is 13.3. The van der Waals surface area contributed by atoms with E-state index in [1.165, 1.54) is 16.9 Å². The predicted molar refractivity (Wildman–Crippen MR) is 109 cm³/mol. The van der Waals surface area contributed by atoms with E-state index in [0.717, 1.165) is 61.9 Å².